The van der Waals surface area contributed by atoms with Crippen LogP contribution in [0.2, 0.25) is 0 Å². The molecule has 0 spiro atoms. The highest BCUT2D eigenvalue weighted by atomic mass is 32.2. The zero-order valence-electron chi connectivity index (χ0n) is 17.4. The van der Waals surface area contributed by atoms with Crippen molar-refractivity contribution in [2.24, 2.45) is 5.92 Å². The van der Waals surface area contributed by atoms with Crippen molar-refractivity contribution in [3.63, 3.8) is 0 Å². The lowest BCUT2D eigenvalue weighted by atomic mass is 9.93. The van der Waals surface area contributed by atoms with Gasteiger partial charge in [0.25, 0.3) is 0 Å². The Morgan fingerprint density at radius 2 is 2.10 bits per heavy atom. The van der Waals surface area contributed by atoms with E-state index >= 15 is 0 Å². The summed E-state index contributed by atoms with van der Waals surface area (Å²) in [6, 6.07) is 8.38. The highest BCUT2D eigenvalue weighted by Crippen LogP contribution is 2.28. The largest absolute Gasteiger partial charge is 0.463 e. The zero-order valence-corrected chi connectivity index (χ0v) is 18.2. The Balaban J connectivity index is 1.21. The van der Waals surface area contributed by atoms with Crippen molar-refractivity contribution < 1.29 is 17.9 Å². The Bertz CT molecular complexity index is 1160. The van der Waals surface area contributed by atoms with Crippen molar-refractivity contribution in [2.45, 2.75) is 19.3 Å². The molecule has 1 aliphatic carbocycles. The number of aromatic nitrogens is 1. The number of para-hydroxylation sites is 1. The maximum Gasteiger partial charge on any atom is 0.242 e. The van der Waals surface area contributed by atoms with Gasteiger partial charge in [-0.15, -0.1) is 0 Å². The van der Waals surface area contributed by atoms with Crippen molar-refractivity contribution in [1.29, 1.82) is 0 Å². The van der Waals surface area contributed by atoms with Crippen LogP contribution in [0.5, 0.6) is 0 Å². The van der Waals surface area contributed by atoms with Gasteiger partial charge in [-0.25, -0.2) is 8.42 Å². The van der Waals surface area contributed by atoms with Crippen LogP contribution in [-0.2, 0) is 25.9 Å². The van der Waals surface area contributed by atoms with Crippen molar-refractivity contribution in [1.82, 2.24) is 15.0 Å². The number of hydrogen-bond acceptors (Lipinski definition) is 5. The average Bonchev–Trinajstić information content (AvgIpc) is 3.16. The third-order valence-electron chi connectivity index (χ3n) is 5.22. The molecule has 1 aromatic heterocycles. The quantitative estimate of drug-likeness (QED) is 0.519. The number of fused-ring (bicyclic) bond motifs is 1. The number of H-pyrrole nitrogens is 1. The van der Waals surface area contributed by atoms with Crippen molar-refractivity contribution >= 4 is 20.9 Å². The summed E-state index contributed by atoms with van der Waals surface area (Å²) in [4.78, 5) is 3.33. The molecule has 2 aromatic rings. The van der Waals surface area contributed by atoms with Crippen LogP contribution < -0.4 is 10.0 Å². The molecule has 2 heterocycles. The average molecular weight is 442 g/mol. The standard InChI is InChI=1S/C23H27N3O4S/c1-31(27,28)26-23-16-29-15-22(30-23)18-7-4-6-17(12-18)13-24-11-5-8-19-14-25-21-10-3-2-9-20(19)21/h2-4,6-7,9-10,14-17,24-26H,5,8,11-13H2,1H3. The number of sulfonamides is 1. The van der Waals surface area contributed by atoms with Crippen LogP contribution >= 0.6 is 0 Å². The van der Waals surface area contributed by atoms with Crippen LogP contribution in [0.1, 0.15) is 18.4 Å². The summed E-state index contributed by atoms with van der Waals surface area (Å²) in [6.45, 7) is 1.80. The minimum Gasteiger partial charge on any atom is -0.463 e. The number of hydrogen-bond donors (Lipinski definition) is 3. The minimum atomic E-state index is -3.43. The lowest BCUT2D eigenvalue weighted by molar-refractivity contribution is 0.217. The third kappa shape index (κ3) is 5.80. The number of ether oxygens (including phenoxy) is 2. The van der Waals surface area contributed by atoms with Crippen LogP contribution in [0, 0.1) is 5.92 Å². The summed E-state index contributed by atoms with van der Waals surface area (Å²) in [7, 11) is -3.43. The van der Waals surface area contributed by atoms with Crippen molar-refractivity contribution in [3.05, 3.63) is 84.0 Å². The third-order valence-corrected chi connectivity index (χ3v) is 5.79. The first-order valence-electron chi connectivity index (χ1n) is 10.3. The van der Waals surface area contributed by atoms with E-state index in [4.69, 9.17) is 9.47 Å². The molecule has 0 radical (unpaired) electrons. The van der Waals surface area contributed by atoms with E-state index in [2.05, 4.69) is 45.5 Å². The van der Waals surface area contributed by atoms with Gasteiger partial charge in [0.1, 0.15) is 6.26 Å². The van der Waals surface area contributed by atoms with Crippen LogP contribution in [0.25, 0.3) is 10.9 Å². The van der Waals surface area contributed by atoms with Gasteiger partial charge in [-0.3, -0.25) is 4.72 Å². The van der Waals surface area contributed by atoms with Gasteiger partial charge in [0.15, 0.2) is 12.0 Å². The Morgan fingerprint density at radius 3 is 2.97 bits per heavy atom. The van der Waals surface area contributed by atoms with Gasteiger partial charge >= 0.3 is 0 Å². The molecule has 0 amide bonds. The first kappa shape index (κ1) is 21.3. The molecular formula is C23H27N3O4S. The molecule has 1 unspecified atom stereocenters. The molecule has 7 nitrogen and oxygen atoms in total. The molecular weight excluding hydrogens is 414 g/mol. The van der Waals surface area contributed by atoms with Gasteiger partial charge in [0, 0.05) is 23.6 Å². The Hall–Kier alpha value is -2.97. The molecule has 0 bridgehead atoms. The van der Waals surface area contributed by atoms with E-state index in [-0.39, 0.29) is 5.88 Å². The molecule has 8 heteroatoms. The lowest BCUT2D eigenvalue weighted by Gasteiger charge is -2.23. The molecule has 0 saturated heterocycles. The molecule has 1 aromatic carbocycles. The van der Waals surface area contributed by atoms with Gasteiger partial charge in [0.05, 0.1) is 6.26 Å². The second-order valence-corrected chi connectivity index (χ2v) is 9.53. The summed E-state index contributed by atoms with van der Waals surface area (Å²) in [6.07, 6.45) is 14.9. The normalized spacial score (nSPS) is 18.6. The Labute approximate surface area is 182 Å². The zero-order chi connectivity index (χ0) is 21.7. The number of aromatic amines is 1. The number of benzene rings is 1. The molecule has 4 rings (SSSR count). The van der Waals surface area contributed by atoms with Crippen LogP contribution in [0.4, 0.5) is 0 Å². The summed E-state index contributed by atoms with van der Waals surface area (Å²) < 4.78 is 36.0. The number of aryl methyl sites for hydroxylation is 1. The monoisotopic (exact) mass is 441 g/mol. The molecule has 1 atom stereocenters. The molecule has 3 N–H and O–H groups in total. The second kappa shape index (κ2) is 9.45. The van der Waals surface area contributed by atoms with Crippen molar-refractivity contribution in [3.8, 4) is 0 Å². The fourth-order valence-electron chi connectivity index (χ4n) is 3.79. The predicted molar refractivity (Wildman–Crippen MR) is 121 cm³/mol. The van der Waals surface area contributed by atoms with E-state index in [0.29, 0.717) is 11.7 Å². The Morgan fingerprint density at radius 1 is 1.23 bits per heavy atom. The summed E-state index contributed by atoms with van der Waals surface area (Å²) in [5.41, 5.74) is 3.51. The maximum atomic E-state index is 11.4. The van der Waals surface area contributed by atoms with E-state index in [1.54, 1.807) is 0 Å². The predicted octanol–water partition coefficient (Wildman–Crippen LogP) is 3.43. The van der Waals surface area contributed by atoms with Crippen LogP contribution in [0.3, 0.4) is 0 Å². The topological polar surface area (TPSA) is 92.5 Å². The minimum absolute atomic E-state index is 0.0578. The first-order chi connectivity index (χ1) is 15.0. The van der Waals surface area contributed by atoms with E-state index < -0.39 is 10.0 Å². The van der Waals surface area contributed by atoms with Crippen LogP contribution in [-0.4, -0.2) is 32.7 Å². The summed E-state index contributed by atoms with van der Waals surface area (Å²) >= 11 is 0. The molecule has 1 aliphatic heterocycles. The number of nitrogens with one attached hydrogen (secondary N) is 3. The second-order valence-electron chi connectivity index (χ2n) is 7.78. The van der Waals surface area contributed by atoms with E-state index in [1.165, 1.54) is 29.0 Å². The molecule has 31 heavy (non-hydrogen) atoms. The summed E-state index contributed by atoms with van der Waals surface area (Å²) in [5, 5.41) is 4.85. The van der Waals surface area contributed by atoms with Gasteiger partial charge in [0.2, 0.25) is 15.9 Å². The van der Waals surface area contributed by atoms with E-state index in [0.717, 1.165) is 44.2 Å². The number of rotatable bonds is 9. The number of allylic oxidation sites excluding steroid dienone is 3. The van der Waals surface area contributed by atoms with Gasteiger partial charge in [-0.1, -0.05) is 36.4 Å². The summed E-state index contributed by atoms with van der Waals surface area (Å²) in [5.74, 6) is 0.902. The lowest BCUT2D eigenvalue weighted by Crippen LogP contribution is -2.26. The van der Waals surface area contributed by atoms with Gasteiger partial charge < -0.3 is 19.8 Å². The van der Waals surface area contributed by atoms with E-state index in [9.17, 15) is 8.42 Å². The van der Waals surface area contributed by atoms with E-state index in [1.807, 2.05) is 18.2 Å². The highest BCUT2D eigenvalue weighted by Gasteiger charge is 2.20. The Kier molecular flexibility index (Phi) is 6.48. The highest BCUT2D eigenvalue weighted by molar-refractivity contribution is 7.88. The van der Waals surface area contributed by atoms with Crippen LogP contribution in [0.15, 0.2) is 78.4 Å². The van der Waals surface area contributed by atoms with Gasteiger partial charge in [-0.2, -0.15) is 0 Å². The molecule has 0 fully saturated rings. The molecule has 164 valence electrons. The fraction of sp³-hybridized carbons (Fsp3) is 0.304. The first-order valence-corrected chi connectivity index (χ1v) is 12.2. The molecule has 0 saturated carbocycles. The maximum absolute atomic E-state index is 11.4. The fourth-order valence-corrected chi connectivity index (χ4v) is 4.25. The van der Waals surface area contributed by atoms with Gasteiger partial charge in [-0.05, 0) is 48.9 Å². The smallest absolute Gasteiger partial charge is 0.242 e. The SMILES string of the molecule is CS(=O)(=O)NC1=COC=C(C2=CC=CC(CNCCCc3c[nH]c4ccccc34)C2)O1. The molecule has 2 aliphatic rings. The van der Waals surface area contributed by atoms with Crippen molar-refractivity contribution in [2.75, 3.05) is 19.3 Å².